The van der Waals surface area contributed by atoms with Crippen LogP contribution in [0.1, 0.15) is 12.8 Å². The lowest BCUT2D eigenvalue weighted by Gasteiger charge is -2.32. The van der Waals surface area contributed by atoms with Crippen molar-refractivity contribution in [2.75, 3.05) is 39.3 Å². The fraction of sp³-hybridized carbons (Fsp3) is 0.533. The van der Waals surface area contributed by atoms with Gasteiger partial charge in [-0.25, -0.2) is 0 Å². The third-order valence-corrected chi connectivity index (χ3v) is 6.09. The van der Waals surface area contributed by atoms with Crippen LogP contribution in [0.15, 0.2) is 18.2 Å². The van der Waals surface area contributed by atoms with Gasteiger partial charge in [0.2, 0.25) is 12.7 Å². The van der Waals surface area contributed by atoms with Crippen LogP contribution in [0.2, 0.25) is 0 Å². The van der Waals surface area contributed by atoms with Gasteiger partial charge in [0.1, 0.15) is 0 Å². The lowest BCUT2D eigenvalue weighted by Crippen LogP contribution is -2.47. The number of rotatable bonds is 4. The van der Waals surface area contributed by atoms with Crippen LogP contribution in [0.4, 0.5) is 5.69 Å². The molecule has 1 amide bonds. The van der Waals surface area contributed by atoms with E-state index in [0.717, 1.165) is 0 Å². The Labute approximate surface area is 141 Å². The first-order valence-electron chi connectivity index (χ1n) is 7.76. The first kappa shape index (κ1) is 17.0. The molecule has 8 nitrogen and oxygen atoms in total. The zero-order chi connectivity index (χ0) is 17.3. The van der Waals surface area contributed by atoms with Crippen molar-refractivity contribution in [2.24, 2.45) is 5.92 Å². The Morgan fingerprint density at radius 2 is 2.04 bits per heavy atom. The lowest BCUT2D eigenvalue weighted by atomic mass is 9.98. The number of anilines is 1. The summed E-state index contributed by atoms with van der Waals surface area (Å²) in [6.07, 6.45) is 1.32. The Morgan fingerprint density at radius 3 is 2.79 bits per heavy atom. The van der Waals surface area contributed by atoms with E-state index >= 15 is 0 Å². The highest BCUT2D eigenvalue weighted by Crippen LogP contribution is 2.34. The molecule has 2 heterocycles. The van der Waals surface area contributed by atoms with Gasteiger partial charge in [0, 0.05) is 38.9 Å². The molecule has 1 aromatic rings. The van der Waals surface area contributed by atoms with Crippen LogP contribution in [0, 0.1) is 5.92 Å². The molecule has 0 aliphatic carbocycles. The predicted octanol–water partition coefficient (Wildman–Crippen LogP) is 0.872. The highest BCUT2D eigenvalue weighted by Gasteiger charge is 2.33. The summed E-state index contributed by atoms with van der Waals surface area (Å²) in [5.41, 5.74) is 0.608. The minimum absolute atomic E-state index is 0.173. The number of carbonyl (C=O) groups is 1. The van der Waals surface area contributed by atoms with Crippen molar-refractivity contribution < 1.29 is 22.7 Å². The van der Waals surface area contributed by atoms with Crippen LogP contribution in [-0.2, 0) is 15.0 Å². The maximum Gasteiger partial charge on any atom is 0.281 e. The van der Waals surface area contributed by atoms with Crippen molar-refractivity contribution in [1.29, 1.82) is 0 Å². The SMILES string of the molecule is CN(C)S(=O)(=O)N1CCC[C@@H](C(=O)Nc2ccc3c(c2)OCO3)C1. The van der Waals surface area contributed by atoms with E-state index in [0.29, 0.717) is 36.6 Å². The van der Waals surface area contributed by atoms with Crippen LogP contribution in [0.5, 0.6) is 11.5 Å². The minimum Gasteiger partial charge on any atom is -0.454 e. The van der Waals surface area contributed by atoms with E-state index < -0.39 is 10.2 Å². The molecule has 0 bridgehead atoms. The lowest BCUT2D eigenvalue weighted by molar-refractivity contribution is -0.120. The summed E-state index contributed by atoms with van der Waals surface area (Å²) in [6, 6.07) is 5.18. The highest BCUT2D eigenvalue weighted by molar-refractivity contribution is 7.86. The number of benzene rings is 1. The first-order chi connectivity index (χ1) is 11.4. The molecule has 24 heavy (non-hydrogen) atoms. The molecule has 1 fully saturated rings. The van der Waals surface area contributed by atoms with E-state index in [2.05, 4.69) is 5.32 Å². The number of nitrogens with zero attached hydrogens (tertiary/aromatic N) is 2. The third-order valence-electron chi connectivity index (χ3n) is 4.18. The smallest absolute Gasteiger partial charge is 0.281 e. The number of hydrogen-bond acceptors (Lipinski definition) is 5. The maximum absolute atomic E-state index is 12.5. The number of fused-ring (bicyclic) bond motifs is 1. The summed E-state index contributed by atoms with van der Waals surface area (Å²) in [7, 11) is -0.514. The van der Waals surface area contributed by atoms with Crippen LogP contribution >= 0.6 is 0 Å². The molecule has 0 aromatic heterocycles. The molecule has 9 heteroatoms. The van der Waals surface area contributed by atoms with Gasteiger partial charge in [0.25, 0.3) is 10.2 Å². The number of piperidine rings is 1. The average Bonchev–Trinajstić information content (AvgIpc) is 3.02. The summed E-state index contributed by atoms with van der Waals surface area (Å²) >= 11 is 0. The van der Waals surface area contributed by atoms with E-state index in [1.165, 1.54) is 22.7 Å². The minimum atomic E-state index is -3.50. The molecule has 0 saturated carbocycles. The normalized spacial score (nSPS) is 21.0. The topological polar surface area (TPSA) is 88.2 Å². The molecule has 3 rings (SSSR count). The Bertz CT molecular complexity index is 735. The van der Waals surface area contributed by atoms with Crippen LogP contribution in [-0.4, -0.2) is 56.9 Å². The molecule has 2 aliphatic heterocycles. The Balaban J connectivity index is 1.67. The summed E-state index contributed by atoms with van der Waals surface area (Å²) in [5.74, 6) is 0.675. The van der Waals surface area contributed by atoms with Crippen molar-refractivity contribution in [2.45, 2.75) is 12.8 Å². The van der Waals surface area contributed by atoms with Gasteiger partial charge in [0.15, 0.2) is 11.5 Å². The van der Waals surface area contributed by atoms with Crippen LogP contribution in [0.25, 0.3) is 0 Å². The average molecular weight is 355 g/mol. The van der Waals surface area contributed by atoms with Crippen molar-refractivity contribution >= 4 is 21.8 Å². The van der Waals surface area contributed by atoms with Crippen molar-refractivity contribution in [1.82, 2.24) is 8.61 Å². The van der Waals surface area contributed by atoms with Gasteiger partial charge in [-0.2, -0.15) is 17.0 Å². The first-order valence-corrected chi connectivity index (χ1v) is 9.16. The zero-order valence-electron chi connectivity index (χ0n) is 13.7. The van der Waals surface area contributed by atoms with Crippen molar-refractivity contribution in [3.63, 3.8) is 0 Å². The largest absolute Gasteiger partial charge is 0.454 e. The molecule has 1 N–H and O–H groups in total. The van der Waals surface area contributed by atoms with E-state index in [9.17, 15) is 13.2 Å². The van der Waals surface area contributed by atoms with Gasteiger partial charge in [-0.15, -0.1) is 0 Å². The van der Waals surface area contributed by atoms with E-state index in [4.69, 9.17) is 9.47 Å². The summed E-state index contributed by atoms with van der Waals surface area (Å²) < 4.78 is 37.5. The number of amides is 1. The molecule has 1 saturated heterocycles. The fourth-order valence-corrected chi connectivity index (χ4v) is 4.01. The highest BCUT2D eigenvalue weighted by atomic mass is 32.2. The predicted molar refractivity (Wildman–Crippen MR) is 88.1 cm³/mol. The van der Waals surface area contributed by atoms with Crippen molar-refractivity contribution in [3.8, 4) is 11.5 Å². The summed E-state index contributed by atoms with van der Waals surface area (Å²) in [5, 5.41) is 2.83. The molecular formula is C15H21N3O5S. The summed E-state index contributed by atoms with van der Waals surface area (Å²) in [6.45, 7) is 0.804. The van der Waals surface area contributed by atoms with Crippen LogP contribution < -0.4 is 14.8 Å². The number of carbonyl (C=O) groups excluding carboxylic acids is 1. The summed E-state index contributed by atoms with van der Waals surface area (Å²) in [4.78, 5) is 12.5. The van der Waals surface area contributed by atoms with Gasteiger partial charge in [-0.1, -0.05) is 0 Å². The van der Waals surface area contributed by atoms with Crippen LogP contribution in [0.3, 0.4) is 0 Å². The molecule has 0 spiro atoms. The standard InChI is InChI=1S/C15H21N3O5S/c1-17(2)24(20,21)18-7-3-4-11(9-18)15(19)16-12-5-6-13-14(8-12)23-10-22-13/h5-6,8,11H,3-4,7,9-10H2,1-2H3,(H,16,19)/t11-/m1/s1. The van der Waals surface area contributed by atoms with Gasteiger partial charge in [0.05, 0.1) is 5.92 Å². The second-order valence-corrected chi connectivity index (χ2v) is 8.19. The molecule has 1 aromatic carbocycles. The van der Waals surface area contributed by atoms with E-state index in [1.54, 1.807) is 18.2 Å². The zero-order valence-corrected chi connectivity index (χ0v) is 14.5. The van der Waals surface area contributed by atoms with Gasteiger partial charge >= 0.3 is 0 Å². The quantitative estimate of drug-likeness (QED) is 0.866. The number of hydrogen-bond donors (Lipinski definition) is 1. The monoisotopic (exact) mass is 355 g/mol. The Kier molecular flexibility index (Phi) is 4.66. The molecule has 0 unspecified atom stereocenters. The Hall–Kier alpha value is -1.84. The maximum atomic E-state index is 12.5. The molecular weight excluding hydrogens is 334 g/mol. The molecule has 132 valence electrons. The molecule has 1 atom stereocenters. The second kappa shape index (κ2) is 6.58. The third kappa shape index (κ3) is 3.33. The number of ether oxygens (including phenoxy) is 2. The van der Waals surface area contributed by atoms with Gasteiger partial charge in [-0.05, 0) is 25.0 Å². The number of nitrogens with one attached hydrogen (secondary N) is 1. The van der Waals surface area contributed by atoms with Crippen molar-refractivity contribution in [3.05, 3.63) is 18.2 Å². The second-order valence-electron chi connectivity index (χ2n) is 6.04. The van der Waals surface area contributed by atoms with Gasteiger partial charge in [-0.3, -0.25) is 4.79 Å². The Morgan fingerprint density at radius 1 is 1.29 bits per heavy atom. The van der Waals surface area contributed by atoms with E-state index in [-0.39, 0.29) is 25.2 Å². The van der Waals surface area contributed by atoms with Gasteiger partial charge < -0.3 is 14.8 Å². The van der Waals surface area contributed by atoms with E-state index in [1.807, 2.05) is 0 Å². The molecule has 0 radical (unpaired) electrons. The fourth-order valence-electron chi connectivity index (χ4n) is 2.82. The molecule has 2 aliphatic rings.